The molecule has 0 amide bonds. The van der Waals surface area contributed by atoms with Gasteiger partial charge in [-0.25, -0.2) is 4.99 Å². The number of benzene rings is 1. The molecule has 4 aliphatic rings. The maximum Gasteiger partial charge on any atom is 0.316 e. The second-order valence-electron chi connectivity index (χ2n) is 8.93. The molecule has 9 heteroatoms. The number of amidine groups is 1. The first kappa shape index (κ1) is 22.7. The topological polar surface area (TPSA) is 85.7 Å². The molecule has 2 unspecified atom stereocenters. The molecule has 8 nitrogen and oxygen atoms in total. The monoisotopic (exact) mass is 480 g/mol. The fraction of sp³-hybridized carbons (Fsp3) is 0.400. The van der Waals surface area contributed by atoms with Crippen LogP contribution in [0.3, 0.4) is 0 Å². The number of nitrogens with zero attached hydrogens (tertiary/aromatic N) is 4. The van der Waals surface area contributed by atoms with Crippen LogP contribution in [0.2, 0.25) is 0 Å². The highest BCUT2D eigenvalue weighted by Crippen LogP contribution is 2.41. The van der Waals surface area contributed by atoms with Gasteiger partial charge in [0.2, 0.25) is 0 Å². The highest BCUT2D eigenvalue weighted by Gasteiger charge is 2.38. The van der Waals surface area contributed by atoms with Crippen molar-refractivity contribution in [3.63, 3.8) is 0 Å². The standard InChI is InChI=1S/C25H28N4O4S/c1-27(2)17-5-3-16(4-6-17)21-14-22(30)19(24(31)32)15-29(21)18-7-8-20-23(13-18)34-25(26-20)28-9-11-33-12-10-28/h3-8,14,19,23H,9-13,15H2,1-2H3,(H,31,32). The van der Waals surface area contributed by atoms with Crippen molar-refractivity contribution >= 4 is 40.1 Å². The summed E-state index contributed by atoms with van der Waals surface area (Å²) in [6, 6.07) is 7.98. The fourth-order valence-electron chi connectivity index (χ4n) is 4.55. The minimum atomic E-state index is -1.09. The number of aliphatic carboxylic acids is 1. The number of morpholine rings is 1. The molecule has 1 fully saturated rings. The number of allylic oxidation sites excluding steroid dienone is 4. The first-order chi connectivity index (χ1) is 16.4. The lowest BCUT2D eigenvalue weighted by molar-refractivity contribution is -0.145. The number of anilines is 1. The molecule has 1 N–H and O–H groups in total. The summed E-state index contributed by atoms with van der Waals surface area (Å²) in [5.74, 6) is -2.53. The van der Waals surface area contributed by atoms with Gasteiger partial charge in [-0.15, -0.1) is 0 Å². The highest BCUT2D eigenvalue weighted by molar-refractivity contribution is 8.14. The minimum Gasteiger partial charge on any atom is -0.481 e. The molecule has 2 atom stereocenters. The number of carbonyl (C=O) groups excluding carboxylic acids is 1. The number of ketones is 1. The Morgan fingerprint density at radius 2 is 1.91 bits per heavy atom. The Hall–Kier alpha value is -3.04. The van der Waals surface area contributed by atoms with Crippen LogP contribution in [0.4, 0.5) is 5.69 Å². The van der Waals surface area contributed by atoms with Gasteiger partial charge in [0.15, 0.2) is 11.0 Å². The molecule has 1 aliphatic carbocycles. The molecule has 178 valence electrons. The van der Waals surface area contributed by atoms with E-state index in [0.29, 0.717) is 13.2 Å². The summed E-state index contributed by atoms with van der Waals surface area (Å²) in [6.07, 6.45) is 6.27. The van der Waals surface area contributed by atoms with Crippen LogP contribution in [0, 0.1) is 5.92 Å². The van der Waals surface area contributed by atoms with E-state index in [1.165, 1.54) is 6.08 Å². The molecular formula is C25H28N4O4S. The molecule has 5 rings (SSSR count). The Morgan fingerprint density at radius 1 is 1.18 bits per heavy atom. The lowest BCUT2D eigenvalue weighted by Crippen LogP contribution is -2.41. The number of rotatable bonds is 4. The van der Waals surface area contributed by atoms with Crippen LogP contribution in [0.25, 0.3) is 5.70 Å². The number of hydrogen-bond donors (Lipinski definition) is 1. The van der Waals surface area contributed by atoms with Crippen LogP contribution in [0.15, 0.2) is 58.9 Å². The smallest absolute Gasteiger partial charge is 0.316 e. The Bertz CT molecular complexity index is 1120. The molecule has 3 heterocycles. The van der Waals surface area contributed by atoms with Gasteiger partial charge in [0.1, 0.15) is 5.92 Å². The Kier molecular flexibility index (Phi) is 6.22. The molecule has 0 aromatic heterocycles. The molecule has 1 saturated heterocycles. The maximum atomic E-state index is 12.7. The number of thioether (sulfide) groups is 1. The highest BCUT2D eigenvalue weighted by atomic mass is 32.2. The number of carboxylic acid groups (broad SMARTS) is 1. The normalized spacial score (nSPS) is 24.7. The summed E-state index contributed by atoms with van der Waals surface area (Å²) in [4.78, 5) is 35.6. The van der Waals surface area contributed by atoms with Gasteiger partial charge in [-0.3, -0.25) is 9.59 Å². The molecular weight excluding hydrogens is 452 g/mol. The van der Waals surface area contributed by atoms with E-state index in [2.05, 4.69) is 4.90 Å². The first-order valence-electron chi connectivity index (χ1n) is 11.4. The molecule has 0 spiro atoms. The molecule has 1 aromatic rings. The SMILES string of the molecule is CN(C)c1ccc(C2=CC(=O)C(C(=O)O)CN2C2=CC=C3N=C(N4CCOCC4)SC3C2)cc1. The third-order valence-electron chi connectivity index (χ3n) is 6.53. The van der Waals surface area contributed by atoms with E-state index < -0.39 is 11.9 Å². The average molecular weight is 481 g/mol. The van der Waals surface area contributed by atoms with Crippen molar-refractivity contribution < 1.29 is 19.4 Å². The van der Waals surface area contributed by atoms with Crippen LogP contribution in [-0.4, -0.2) is 84.0 Å². The van der Waals surface area contributed by atoms with E-state index in [1.807, 2.05) is 60.3 Å². The van der Waals surface area contributed by atoms with Gasteiger partial charge in [0.25, 0.3) is 0 Å². The van der Waals surface area contributed by atoms with Crippen molar-refractivity contribution in [2.75, 3.05) is 51.8 Å². The number of aliphatic imine (C=N–C) groups is 1. The number of fused-ring (bicyclic) bond motifs is 1. The molecule has 0 radical (unpaired) electrons. The molecule has 0 saturated carbocycles. The van der Waals surface area contributed by atoms with E-state index in [9.17, 15) is 14.7 Å². The Labute approximate surface area is 203 Å². The van der Waals surface area contributed by atoms with Crippen LogP contribution in [0.1, 0.15) is 12.0 Å². The van der Waals surface area contributed by atoms with Crippen molar-refractivity contribution in [2.45, 2.75) is 11.7 Å². The maximum absolute atomic E-state index is 12.7. The summed E-state index contributed by atoms with van der Waals surface area (Å²) in [7, 11) is 3.96. The van der Waals surface area contributed by atoms with Crippen LogP contribution in [0.5, 0.6) is 0 Å². The van der Waals surface area contributed by atoms with E-state index in [0.717, 1.165) is 53.0 Å². The van der Waals surface area contributed by atoms with Gasteiger partial charge in [0, 0.05) is 57.6 Å². The van der Waals surface area contributed by atoms with Crippen LogP contribution < -0.4 is 4.90 Å². The zero-order valence-electron chi connectivity index (χ0n) is 19.3. The zero-order valence-corrected chi connectivity index (χ0v) is 20.1. The molecule has 0 bridgehead atoms. The van der Waals surface area contributed by atoms with Crippen LogP contribution >= 0.6 is 11.8 Å². The number of carboxylic acids is 1. The van der Waals surface area contributed by atoms with Crippen molar-refractivity contribution in [2.24, 2.45) is 10.9 Å². The second-order valence-corrected chi connectivity index (χ2v) is 10.1. The first-order valence-corrected chi connectivity index (χ1v) is 12.3. The Morgan fingerprint density at radius 3 is 2.59 bits per heavy atom. The third kappa shape index (κ3) is 4.37. The summed E-state index contributed by atoms with van der Waals surface area (Å²) in [6.45, 7) is 3.24. The van der Waals surface area contributed by atoms with Crippen molar-refractivity contribution in [1.29, 1.82) is 0 Å². The fourth-order valence-corrected chi connectivity index (χ4v) is 5.80. The second kappa shape index (κ2) is 9.31. The predicted molar refractivity (Wildman–Crippen MR) is 134 cm³/mol. The van der Waals surface area contributed by atoms with E-state index in [1.54, 1.807) is 11.8 Å². The summed E-state index contributed by atoms with van der Waals surface area (Å²) in [5, 5.41) is 10.9. The summed E-state index contributed by atoms with van der Waals surface area (Å²) in [5.41, 5.74) is 4.73. The molecule has 1 aromatic carbocycles. The van der Waals surface area contributed by atoms with Crippen molar-refractivity contribution in [3.8, 4) is 0 Å². The van der Waals surface area contributed by atoms with Gasteiger partial charge in [0.05, 0.1) is 29.9 Å². The summed E-state index contributed by atoms with van der Waals surface area (Å²) >= 11 is 1.76. The quantitative estimate of drug-likeness (QED) is 0.659. The van der Waals surface area contributed by atoms with E-state index >= 15 is 0 Å². The van der Waals surface area contributed by atoms with Gasteiger partial charge in [-0.05, 0) is 29.8 Å². The van der Waals surface area contributed by atoms with Gasteiger partial charge in [-0.2, -0.15) is 0 Å². The lowest BCUT2D eigenvalue weighted by atomic mass is 9.93. The third-order valence-corrected chi connectivity index (χ3v) is 7.78. The minimum absolute atomic E-state index is 0.124. The molecule has 3 aliphatic heterocycles. The van der Waals surface area contributed by atoms with Gasteiger partial charge < -0.3 is 24.5 Å². The predicted octanol–water partition coefficient (Wildman–Crippen LogP) is 2.65. The molecule has 34 heavy (non-hydrogen) atoms. The number of carbonyl (C=O) groups is 2. The van der Waals surface area contributed by atoms with Crippen LogP contribution in [-0.2, 0) is 14.3 Å². The zero-order chi connectivity index (χ0) is 23.8. The number of hydrogen-bond acceptors (Lipinski definition) is 8. The van der Waals surface area contributed by atoms with Crippen molar-refractivity contribution in [1.82, 2.24) is 9.80 Å². The largest absolute Gasteiger partial charge is 0.481 e. The van der Waals surface area contributed by atoms with Gasteiger partial charge >= 0.3 is 5.97 Å². The number of ether oxygens (including phenoxy) is 1. The summed E-state index contributed by atoms with van der Waals surface area (Å²) < 4.78 is 5.46. The van der Waals surface area contributed by atoms with Crippen molar-refractivity contribution in [3.05, 3.63) is 59.5 Å². The van der Waals surface area contributed by atoms with E-state index in [4.69, 9.17) is 9.73 Å². The lowest BCUT2D eigenvalue weighted by Gasteiger charge is -2.36. The average Bonchev–Trinajstić information content (AvgIpc) is 3.28. The van der Waals surface area contributed by atoms with E-state index in [-0.39, 0.29) is 17.6 Å². The Balaban J connectivity index is 1.43. The van der Waals surface area contributed by atoms with Gasteiger partial charge in [-0.1, -0.05) is 23.9 Å².